The predicted octanol–water partition coefficient (Wildman–Crippen LogP) is -0.0715. The van der Waals surface area contributed by atoms with Crippen LogP contribution in [0.2, 0.25) is 0 Å². The number of rotatable bonds is 1. The van der Waals surface area contributed by atoms with E-state index in [2.05, 4.69) is 20.4 Å². The first-order valence-corrected chi connectivity index (χ1v) is 4.63. The Kier molecular flexibility index (Phi) is 1.38. The lowest BCUT2D eigenvalue weighted by molar-refractivity contribution is 0.399. The lowest BCUT2D eigenvalue weighted by atomic mass is 10.2. The summed E-state index contributed by atoms with van der Waals surface area (Å²) in [6.45, 7) is 3.90. The molecule has 0 radical (unpaired) electrons. The van der Waals surface area contributed by atoms with Gasteiger partial charge in [0.2, 0.25) is 0 Å². The number of anilines is 1. The molecule has 2 bridgehead atoms. The van der Waals surface area contributed by atoms with Gasteiger partial charge in [-0.2, -0.15) is 4.98 Å². The molecule has 2 aliphatic rings. The number of hydrogen-bond donors (Lipinski definition) is 1. The smallest absolute Gasteiger partial charge is 0.319 e. The van der Waals surface area contributed by atoms with Gasteiger partial charge in [-0.1, -0.05) is 5.16 Å². The standard InChI is InChI=1S/C8H12N4O/c1-5-10-8(13-11-5)12-4-6-2-7(12)3-9-6/h6-7,9H,2-4H2,1H3/t6-,7-/m1/s1. The van der Waals surface area contributed by atoms with E-state index < -0.39 is 0 Å². The minimum Gasteiger partial charge on any atom is -0.319 e. The molecule has 1 N–H and O–H groups in total. The van der Waals surface area contributed by atoms with E-state index in [-0.39, 0.29) is 0 Å². The molecular formula is C8H12N4O. The number of piperazine rings is 1. The highest BCUT2D eigenvalue weighted by molar-refractivity contribution is 5.33. The van der Waals surface area contributed by atoms with Gasteiger partial charge in [0.15, 0.2) is 5.82 Å². The predicted molar refractivity (Wildman–Crippen MR) is 46.6 cm³/mol. The van der Waals surface area contributed by atoms with Crippen LogP contribution in [0.1, 0.15) is 12.2 Å². The molecule has 0 saturated carbocycles. The summed E-state index contributed by atoms with van der Waals surface area (Å²) in [6.07, 6.45) is 1.21. The molecule has 2 atom stereocenters. The van der Waals surface area contributed by atoms with Gasteiger partial charge in [0, 0.05) is 25.2 Å². The first kappa shape index (κ1) is 7.32. The van der Waals surface area contributed by atoms with E-state index in [0.29, 0.717) is 23.9 Å². The maximum Gasteiger partial charge on any atom is 0.324 e. The van der Waals surface area contributed by atoms with Crippen LogP contribution in [0.5, 0.6) is 0 Å². The van der Waals surface area contributed by atoms with Crippen molar-refractivity contribution in [2.24, 2.45) is 0 Å². The van der Waals surface area contributed by atoms with E-state index in [9.17, 15) is 0 Å². The highest BCUT2D eigenvalue weighted by atomic mass is 16.5. The normalized spacial score (nSPS) is 31.6. The van der Waals surface area contributed by atoms with Crippen molar-refractivity contribution in [3.8, 4) is 0 Å². The van der Waals surface area contributed by atoms with Gasteiger partial charge in [-0.15, -0.1) is 0 Å². The molecular weight excluding hydrogens is 168 g/mol. The Morgan fingerprint density at radius 2 is 2.54 bits per heavy atom. The van der Waals surface area contributed by atoms with Crippen molar-refractivity contribution in [3.05, 3.63) is 5.82 Å². The second-order valence-electron chi connectivity index (χ2n) is 3.77. The third-order valence-electron chi connectivity index (χ3n) is 2.82. The molecule has 3 rings (SSSR count). The fourth-order valence-corrected chi connectivity index (χ4v) is 2.20. The summed E-state index contributed by atoms with van der Waals surface area (Å²) in [6, 6.07) is 1.87. The van der Waals surface area contributed by atoms with Gasteiger partial charge in [-0.05, 0) is 13.3 Å². The van der Waals surface area contributed by atoms with Crippen molar-refractivity contribution in [2.75, 3.05) is 18.0 Å². The Morgan fingerprint density at radius 1 is 1.62 bits per heavy atom. The Labute approximate surface area is 76.1 Å². The molecule has 3 heterocycles. The van der Waals surface area contributed by atoms with Gasteiger partial charge < -0.3 is 14.7 Å². The van der Waals surface area contributed by atoms with Crippen molar-refractivity contribution in [3.63, 3.8) is 0 Å². The molecule has 0 spiro atoms. The molecule has 0 aromatic carbocycles. The summed E-state index contributed by atoms with van der Waals surface area (Å²) in [5.41, 5.74) is 0. The van der Waals surface area contributed by atoms with Crippen molar-refractivity contribution < 1.29 is 4.52 Å². The zero-order chi connectivity index (χ0) is 8.84. The van der Waals surface area contributed by atoms with Crippen LogP contribution in [0.3, 0.4) is 0 Å². The third-order valence-corrected chi connectivity index (χ3v) is 2.82. The summed E-state index contributed by atoms with van der Waals surface area (Å²) in [5, 5.41) is 7.23. The number of aryl methyl sites for hydroxylation is 1. The largest absolute Gasteiger partial charge is 0.324 e. The monoisotopic (exact) mass is 180 g/mol. The van der Waals surface area contributed by atoms with Crippen LogP contribution < -0.4 is 10.2 Å². The molecule has 2 saturated heterocycles. The Balaban J connectivity index is 1.87. The number of aromatic nitrogens is 2. The first-order chi connectivity index (χ1) is 6.33. The van der Waals surface area contributed by atoms with Crippen LogP contribution >= 0.6 is 0 Å². The summed E-state index contributed by atoms with van der Waals surface area (Å²) < 4.78 is 5.14. The summed E-state index contributed by atoms with van der Waals surface area (Å²) in [4.78, 5) is 6.44. The number of fused-ring (bicyclic) bond motifs is 2. The van der Waals surface area contributed by atoms with Crippen LogP contribution in [-0.2, 0) is 0 Å². The maximum absolute atomic E-state index is 5.14. The second-order valence-corrected chi connectivity index (χ2v) is 3.77. The fraction of sp³-hybridized carbons (Fsp3) is 0.750. The average molecular weight is 180 g/mol. The van der Waals surface area contributed by atoms with E-state index in [1.807, 2.05) is 6.92 Å². The van der Waals surface area contributed by atoms with Crippen molar-refractivity contribution in [1.82, 2.24) is 15.5 Å². The lowest BCUT2D eigenvalue weighted by Gasteiger charge is -2.24. The van der Waals surface area contributed by atoms with E-state index in [0.717, 1.165) is 13.1 Å². The van der Waals surface area contributed by atoms with Gasteiger partial charge in [0.05, 0.1) is 0 Å². The van der Waals surface area contributed by atoms with Gasteiger partial charge in [-0.25, -0.2) is 0 Å². The van der Waals surface area contributed by atoms with Gasteiger partial charge in [0.25, 0.3) is 0 Å². The van der Waals surface area contributed by atoms with E-state index in [4.69, 9.17) is 4.52 Å². The van der Waals surface area contributed by atoms with Crippen molar-refractivity contribution >= 4 is 6.01 Å². The highest BCUT2D eigenvalue weighted by Gasteiger charge is 2.39. The van der Waals surface area contributed by atoms with E-state index in [1.165, 1.54) is 6.42 Å². The molecule has 70 valence electrons. The number of hydrogen-bond acceptors (Lipinski definition) is 5. The topological polar surface area (TPSA) is 54.2 Å². The summed E-state index contributed by atoms with van der Waals surface area (Å²) in [5.74, 6) is 0.714. The molecule has 0 unspecified atom stereocenters. The zero-order valence-corrected chi connectivity index (χ0v) is 7.53. The minimum absolute atomic E-state index is 0.560. The van der Waals surface area contributed by atoms with E-state index >= 15 is 0 Å². The maximum atomic E-state index is 5.14. The molecule has 0 aliphatic carbocycles. The second kappa shape index (κ2) is 2.45. The quantitative estimate of drug-likeness (QED) is 0.655. The zero-order valence-electron chi connectivity index (χ0n) is 7.53. The van der Waals surface area contributed by atoms with Crippen LogP contribution in [0, 0.1) is 6.92 Å². The summed E-state index contributed by atoms with van der Waals surface area (Å²) in [7, 11) is 0. The van der Waals surface area contributed by atoms with Gasteiger partial charge in [-0.3, -0.25) is 0 Å². The first-order valence-electron chi connectivity index (χ1n) is 4.63. The molecule has 1 aromatic rings. The summed E-state index contributed by atoms with van der Waals surface area (Å²) >= 11 is 0. The highest BCUT2D eigenvalue weighted by Crippen LogP contribution is 2.27. The Morgan fingerprint density at radius 3 is 3.08 bits per heavy atom. The molecule has 2 aliphatic heterocycles. The lowest BCUT2D eigenvalue weighted by Crippen LogP contribution is -2.43. The molecule has 1 aromatic heterocycles. The molecule has 13 heavy (non-hydrogen) atoms. The third kappa shape index (κ3) is 1.03. The average Bonchev–Trinajstić information content (AvgIpc) is 2.77. The Bertz CT molecular complexity index is 324. The van der Waals surface area contributed by atoms with E-state index in [1.54, 1.807) is 0 Å². The van der Waals surface area contributed by atoms with Crippen LogP contribution in [-0.4, -0.2) is 35.3 Å². The fourth-order valence-electron chi connectivity index (χ4n) is 2.20. The van der Waals surface area contributed by atoms with Gasteiger partial charge >= 0.3 is 6.01 Å². The molecule has 2 fully saturated rings. The minimum atomic E-state index is 0.560. The molecule has 0 amide bonds. The number of nitrogens with zero attached hydrogens (tertiary/aromatic N) is 3. The van der Waals surface area contributed by atoms with Gasteiger partial charge in [0.1, 0.15) is 0 Å². The molecule has 5 nitrogen and oxygen atoms in total. The SMILES string of the molecule is Cc1noc(N2C[C@H]3C[C@@H]2CN3)n1. The van der Waals surface area contributed by atoms with Crippen molar-refractivity contribution in [1.29, 1.82) is 0 Å². The van der Waals surface area contributed by atoms with Crippen molar-refractivity contribution in [2.45, 2.75) is 25.4 Å². The van der Waals surface area contributed by atoms with Crippen LogP contribution in [0.15, 0.2) is 4.52 Å². The molecule has 5 heteroatoms. The van der Waals surface area contributed by atoms with Crippen LogP contribution in [0.25, 0.3) is 0 Å². The number of nitrogens with one attached hydrogen (secondary N) is 1. The van der Waals surface area contributed by atoms with Crippen LogP contribution in [0.4, 0.5) is 6.01 Å². The Hall–Kier alpha value is -1.10.